The SMILES string of the molecule is Cc1ccc(Cc2cc(-c3ccccc3)nn2C)cc1. The van der Waals surface area contributed by atoms with Gasteiger partial charge in [0.1, 0.15) is 0 Å². The third kappa shape index (κ3) is 2.64. The molecule has 2 nitrogen and oxygen atoms in total. The lowest BCUT2D eigenvalue weighted by molar-refractivity contribution is 0.726. The topological polar surface area (TPSA) is 17.8 Å². The molecule has 3 rings (SSSR count). The molecule has 1 aromatic heterocycles. The Bertz CT molecular complexity index is 694. The predicted molar refractivity (Wildman–Crippen MR) is 82.6 cm³/mol. The molecule has 100 valence electrons. The monoisotopic (exact) mass is 262 g/mol. The summed E-state index contributed by atoms with van der Waals surface area (Å²) in [5.41, 5.74) is 6.04. The molecule has 0 aliphatic carbocycles. The number of aryl methyl sites for hydroxylation is 2. The fourth-order valence-electron chi connectivity index (χ4n) is 2.34. The average molecular weight is 262 g/mol. The van der Waals surface area contributed by atoms with E-state index in [4.69, 9.17) is 0 Å². The average Bonchev–Trinajstić information content (AvgIpc) is 2.84. The van der Waals surface area contributed by atoms with E-state index in [1.54, 1.807) is 0 Å². The molecular weight excluding hydrogens is 244 g/mol. The van der Waals surface area contributed by atoms with Gasteiger partial charge in [0.05, 0.1) is 5.69 Å². The molecule has 2 heteroatoms. The number of benzene rings is 2. The molecule has 0 spiro atoms. The van der Waals surface area contributed by atoms with Crippen molar-refractivity contribution in [1.29, 1.82) is 0 Å². The molecule has 3 aromatic rings. The normalized spacial score (nSPS) is 10.7. The highest BCUT2D eigenvalue weighted by molar-refractivity contribution is 5.59. The molecule has 0 saturated heterocycles. The van der Waals surface area contributed by atoms with Gasteiger partial charge in [-0.15, -0.1) is 0 Å². The van der Waals surface area contributed by atoms with Crippen molar-refractivity contribution in [2.45, 2.75) is 13.3 Å². The largest absolute Gasteiger partial charge is 0.272 e. The zero-order valence-electron chi connectivity index (χ0n) is 11.9. The fourth-order valence-corrected chi connectivity index (χ4v) is 2.34. The van der Waals surface area contributed by atoms with Crippen molar-refractivity contribution in [1.82, 2.24) is 9.78 Å². The van der Waals surface area contributed by atoms with Crippen molar-refractivity contribution < 1.29 is 0 Å². The Balaban J connectivity index is 1.88. The lowest BCUT2D eigenvalue weighted by Crippen LogP contribution is -1.99. The van der Waals surface area contributed by atoms with Crippen LogP contribution in [0.4, 0.5) is 0 Å². The van der Waals surface area contributed by atoms with Crippen LogP contribution >= 0.6 is 0 Å². The van der Waals surface area contributed by atoms with Crippen LogP contribution in [-0.4, -0.2) is 9.78 Å². The summed E-state index contributed by atoms with van der Waals surface area (Å²) in [6.45, 7) is 2.11. The number of nitrogens with zero attached hydrogens (tertiary/aromatic N) is 2. The lowest BCUT2D eigenvalue weighted by Gasteiger charge is -2.02. The van der Waals surface area contributed by atoms with Gasteiger partial charge in [-0.05, 0) is 18.6 Å². The summed E-state index contributed by atoms with van der Waals surface area (Å²) in [5, 5.41) is 4.61. The standard InChI is InChI=1S/C18H18N2/c1-14-8-10-15(11-9-14)12-17-13-18(19-20(17)2)16-6-4-3-5-7-16/h3-11,13H,12H2,1-2H3. The predicted octanol–water partition coefficient (Wildman–Crippen LogP) is 3.99. The van der Waals surface area contributed by atoms with Crippen LogP contribution in [0.2, 0.25) is 0 Å². The molecule has 0 saturated carbocycles. The van der Waals surface area contributed by atoms with Gasteiger partial charge in [-0.3, -0.25) is 4.68 Å². The van der Waals surface area contributed by atoms with Crippen LogP contribution < -0.4 is 0 Å². The van der Waals surface area contributed by atoms with Gasteiger partial charge < -0.3 is 0 Å². The van der Waals surface area contributed by atoms with E-state index in [0.29, 0.717) is 0 Å². The van der Waals surface area contributed by atoms with Crippen molar-refractivity contribution in [3.63, 3.8) is 0 Å². The van der Waals surface area contributed by atoms with Crippen LogP contribution in [0, 0.1) is 6.92 Å². The minimum absolute atomic E-state index is 0.913. The fraction of sp³-hybridized carbons (Fsp3) is 0.167. The molecule has 0 aliphatic heterocycles. The van der Waals surface area contributed by atoms with Gasteiger partial charge in [-0.25, -0.2) is 0 Å². The first kappa shape index (κ1) is 12.7. The van der Waals surface area contributed by atoms with Crippen LogP contribution in [0.3, 0.4) is 0 Å². The highest BCUT2D eigenvalue weighted by Gasteiger charge is 2.07. The maximum atomic E-state index is 4.61. The van der Waals surface area contributed by atoms with Crippen molar-refractivity contribution in [2.75, 3.05) is 0 Å². The minimum atomic E-state index is 0.913. The number of aromatic nitrogens is 2. The maximum absolute atomic E-state index is 4.61. The Morgan fingerprint density at radius 3 is 2.35 bits per heavy atom. The van der Waals surface area contributed by atoms with Crippen molar-refractivity contribution in [3.8, 4) is 11.3 Å². The highest BCUT2D eigenvalue weighted by Crippen LogP contribution is 2.20. The second-order valence-corrected chi connectivity index (χ2v) is 5.17. The van der Waals surface area contributed by atoms with Crippen molar-refractivity contribution >= 4 is 0 Å². The summed E-state index contributed by atoms with van der Waals surface area (Å²) >= 11 is 0. The summed E-state index contributed by atoms with van der Waals surface area (Å²) in [4.78, 5) is 0. The summed E-state index contributed by atoms with van der Waals surface area (Å²) in [6.07, 6.45) is 0.913. The molecule has 0 bridgehead atoms. The van der Waals surface area contributed by atoms with Gasteiger partial charge in [0.15, 0.2) is 0 Å². The van der Waals surface area contributed by atoms with E-state index in [1.165, 1.54) is 22.4 Å². The minimum Gasteiger partial charge on any atom is -0.272 e. The number of hydrogen-bond acceptors (Lipinski definition) is 1. The van der Waals surface area contributed by atoms with E-state index in [9.17, 15) is 0 Å². The third-order valence-corrected chi connectivity index (χ3v) is 3.55. The van der Waals surface area contributed by atoms with Crippen LogP contribution in [0.15, 0.2) is 60.7 Å². The van der Waals surface area contributed by atoms with Gasteiger partial charge >= 0.3 is 0 Å². The second-order valence-electron chi connectivity index (χ2n) is 5.17. The number of rotatable bonds is 3. The Hall–Kier alpha value is -2.35. The summed E-state index contributed by atoms with van der Waals surface area (Å²) in [7, 11) is 2.01. The van der Waals surface area contributed by atoms with E-state index in [0.717, 1.165) is 12.1 Å². The summed E-state index contributed by atoms with van der Waals surface area (Å²) < 4.78 is 1.97. The van der Waals surface area contributed by atoms with Gasteiger partial charge in [0, 0.05) is 24.7 Å². The van der Waals surface area contributed by atoms with E-state index in [-0.39, 0.29) is 0 Å². The quantitative estimate of drug-likeness (QED) is 0.698. The highest BCUT2D eigenvalue weighted by atomic mass is 15.3. The second kappa shape index (κ2) is 5.33. The van der Waals surface area contributed by atoms with Gasteiger partial charge in [0.2, 0.25) is 0 Å². The van der Waals surface area contributed by atoms with Crippen molar-refractivity contribution in [3.05, 3.63) is 77.5 Å². The molecule has 2 aromatic carbocycles. The summed E-state index contributed by atoms with van der Waals surface area (Å²) in [6, 6.07) is 21.2. The molecule has 0 fully saturated rings. The van der Waals surface area contributed by atoms with E-state index < -0.39 is 0 Å². The molecule has 0 atom stereocenters. The first-order chi connectivity index (χ1) is 9.72. The molecule has 20 heavy (non-hydrogen) atoms. The molecule has 1 heterocycles. The van der Waals surface area contributed by atoms with Crippen LogP contribution in [0.1, 0.15) is 16.8 Å². The summed E-state index contributed by atoms with van der Waals surface area (Å²) in [5.74, 6) is 0. The first-order valence-corrected chi connectivity index (χ1v) is 6.86. The Morgan fingerprint density at radius 2 is 1.65 bits per heavy atom. The smallest absolute Gasteiger partial charge is 0.0926 e. The van der Waals surface area contributed by atoms with Crippen LogP contribution in [0.25, 0.3) is 11.3 Å². The van der Waals surface area contributed by atoms with Gasteiger partial charge in [-0.1, -0.05) is 60.2 Å². The van der Waals surface area contributed by atoms with E-state index in [1.807, 2.05) is 29.9 Å². The molecular formula is C18H18N2. The first-order valence-electron chi connectivity index (χ1n) is 6.86. The van der Waals surface area contributed by atoms with E-state index >= 15 is 0 Å². The van der Waals surface area contributed by atoms with Crippen molar-refractivity contribution in [2.24, 2.45) is 7.05 Å². The lowest BCUT2D eigenvalue weighted by atomic mass is 10.1. The van der Waals surface area contributed by atoms with E-state index in [2.05, 4.69) is 54.5 Å². The number of hydrogen-bond donors (Lipinski definition) is 0. The molecule has 0 unspecified atom stereocenters. The molecule has 0 amide bonds. The Morgan fingerprint density at radius 1 is 0.950 bits per heavy atom. The van der Waals surface area contributed by atoms with Crippen LogP contribution in [0.5, 0.6) is 0 Å². The van der Waals surface area contributed by atoms with Gasteiger partial charge in [-0.2, -0.15) is 5.10 Å². The molecule has 0 N–H and O–H groups in total. The Labute approximate surface area is 119 Å². The zero-order valence-corrected chi connectivity index (χ0v) is 11.9. The van der Waals surface area contributed by atoms with Crippen LogP contribution in [-0.2, 0) is 13.5 Å². The zero-order chi connectivity index (χ0) is 13.9. The Kier molecular flexibility index (Phi) is 3.38. The maximum Gasteiger partial charge on any atom is 0.0926 e. The third-order valence-electron chi connectivity index (χ3n) is 3.55. The molecule has 0 aliphatic rings. The molecule has 0 radical (unpaired) electrons. The van der Waals surface area contributed by atoms with Gasteiger partial charge in [0.25, 0.3) is 0 Å².